The zero-order valence-corrected chi connectivity index (χ0v) is 13.9. The molecule has 0 saturated carbocycles. The summed E-state index contributed by atoms with van der Waals surface area (Å²) in [6, 6.07) is 6.99. The van der Waals surface area contributed by atoms with Crippen LogP contribution in [0, 0.1) is 5.82 Å². The van der Waals surface area contributed by atoms with Gasteiger partial charge < -0.3 is 5.32 Å². The maximum Gasteiger partial charge on any atom is 0.140 e. The van der Waals surface area contributed by atoms with Crippen LogP contribution in [0.15, 0.2) is 30.6 Å². The molecule has 0 bridgehead atoms. The fraction of sp³-hybridized carbons (Fsp3) is 0.429. The summed E-state index contributed by atoms with van der Waals surface area (Å²) in [6.45, 7) is 3.39. The monoisotopic (exact) mass is 347 g/mol. The van der Waals surface area contributed by atoms with Crippen molar-refractivity contribution in [2.75, 3.05) is 19.6 Å². The van der Waals surface area contributed by atoms with Gasteiger partial charge in [-0.1, -0.05) is 12.1 Å². The molecule has 0 spiro atoms. The minimum absolute atomic E-state index is 0. The molecule has 1 atom stereocenters. The van der Waals surface area contributed by atoms with Crippen molar-refractivity contribution < 1.29 is 4.39 Å². The van der Waals surface area contributed by atoms with Gasteiger partial charge in [0.2, 0.25) is 0 Å². The van der Waals surface area contributed by atoms with Crippen molar-refractivity contribution in [1.82, 2.24) is 25.0 Å². The Hall–Kier alpha value is -1.21. The average molecular weight is 348 g/mol. The highest BCUT2D eigenvalue weighted by Crippen LogP contribution is 2.24. The molecule has 3 rings (SSSR count). The van der Waals surface area contributed by atoms with Gasteiger partial charge in [-0.2, -0.15) is 5.10 Å². The number of benzene rings is 1. The zero-order chi connectivity index (χ0) is 13.9. The second-order valence-electron chi connectivity index (χ2n) is 5.05. The normalized spacial score (nSPS) is 18.4. The van der Waals surface area contributed by atoms with Gasteiger partial charge in [0, 0.05) is 32.7 Å². The number of hydrogen-bond acceptors (Lipinski definition) is 4. The molecule has 1 unspecified atom stereocenters. The highest BCUT2D eigenvalue weighted by molar-refractivity contribution is 5.85. The first-order chi connectivity index (χ1) is 9.74. The Kier molecular flexibility index (Phi) is 7.22. The lowest BCUT2D eigenvalue weighted by Crippen LogP contribution is -2.45. The highest BCUT2D eigenvalue weighted by Gasteiger charge is 2.25. The van der Waals surface area contributed by atoms with Crippen LogP contribution in [-0.2, 0) is 13.6 Å². The molecule has 1 aliphatic heterocycles. The number of halogens is 3. The van der Waals surface area contributed by atoms with E-state index in [-0.39, 0.29) is 36.7 Å². The van der Waals surface area contributed by atoms with Gasteiger partial charge in [-0.05, 0) is 17.7 Å². The molecule has 22 heavy (non-hydrogen) atoms. The first kappa shape index (κ1) is 18.8. The minimum Gasteiger partial charge on any atom is -0.314 e. The van der Waals surface area contributed by atoms with Crippen LogP contribution in [0.25, 0.3) is 0 Å². The average Bonchev–Trinajstić information content (AvgIpc) is 2.85. The fourth-order valence-electron chi connectivity index (χ4n) is 2.62. The largest absolute Gasteiger partial charge is 0.314 e. The lowest BCUT2D eigenvalue weighted by Gasteiger charge is -2.36. The predicted octanol–water partition coefficient (Wildman–Crippen LogP) is 1.94. The third-order valence-electron chi connectivity index (χ3n) is 3.74. The summed E-state index contributed by atoms with van der Waals surface area (Å²) in [4.78, 5) is 6.59. The Morgan fingerprint density at radius 3 is 2.86 bits per heavy atom. The van der Waals surface area contributed by atoms with E-state index in [0.717, 1.165) is 37.6 Å². The maximum atomic E-state index is 13.4. The lowest BCUT2D eigenvalue weighted by atomic mass is 10.0. The van der Waals surface area contributed by atoms with E-state index in [2.05, 4.69) is 20.3 Å². The number of rotatable bonds is 3. The van der Waals surface area contributed by atoms with Crippen LogP contribution in [0.3, 0.4) is 0 Å². The van der Waals surface area contributed by atoms with Crippen LogP contribution in [0.5, 0.6) is 0 Å². The summed E-state index contributed by atoms with van der Waals surface area (Å²) in [7, 11) is 1.89. The van der Waals surface area contributed by atoms with Crippen LogP contribution < -0.4 is 5.32 Å². The summed E-state index contributed by atoms with van der Waals surface area (Å²) in [5.74, 6) is 0.736. The van der Waals surface area contributed by atoms with Gasteiger partial charge in [-0.3, -0.25) is 9.58 Å². The number of nitrogens with one attached hydrogen (secondary N) is 1. The Morgan fingerprint density at radius 2 is 2.18 bits per heavy atom. The first-order valence-electron chi connectivity index (χ1n) is 6.77. The number of hydrogen-bond donors (Lipinski definition) is 1. The van der Waals surface area contributed by atoms with E-state index in [1.165, 1.54) is 6.07 Å². The van der Waals surface area contributed by atoms with Crippen LogP contribution in [0.4, 0.5) is 4.39 Å². The van der Waals surface area contributed by atoms with Crippen molar-refractivity contribution in [3.8, 4) is 0 Å². The van der Waals surface area contributed by atoms with E-state index < -0.39 is 0 Å². The van der Waals surface area contributed by atoms with Crippen molar-refractivity contribution in [1.29, 1.82) is 0 Å². The molecular formula is C14H20Cl2FN5. The molecule has 2 heterocycles. The quantitative estimate of drug-likeness (QED) is 0.921. The number of aryl methyl sites for hydroxylation is 1. The molecule has 0 amide bonds. The van der Waals surface area contributed by atoms with Gasteiger partial charge in [0.1, 0.15) is 18.0 Å². The van der Waals surface area contributed by atoms with E-state index in [1.54, 1.807) is 23.1 Å². The standard InChI is InChI=1S/C14H18FN5.2ClH/c1-19-14(17-10-18-19)9-20-6-5-16-8-13(20)11-3-2-4-12(15)7-11;;/h2-4,7,10,13,16H,5-6,8-9H2,1H3;2*1H. The molecule has 1 aliphatic rings. The second kappa shape index (κ2) is 8.43. The molecule has 0 aliphatic carbocycles. The van der Waals surface area contributed by atoms with Crippen molar-refractivity contribution >= 4 is 24.8 Å². The molecule has 1 aromatic heterocycles. The van der Waals surface area contributed by atoms with Gasteiger partial charge in [0.15, 0.2) is 0 Å². The van der Waals surface area contributed by atoms with E-state index in [0.29, 0.717) is 0 Å². The summed E-state index contributed by atoms with van der Waals surface area (Å²) >= 11 is 0. The Bertz CT molecular complexity index is 592. The summed E-state index contributed by atoms with van der Waals surface area (Å²) in [6.07, 6.45) is 1.56. The third-order valence-corrected chi connectivity index (χ3v) is 3.74. The molecule has 5 nitrogen and oxygen atoms in total. The Balaban J connectivity index is 0.00000121. The van der Waals surface area contributed by atoms with Crippen molar-refractivity contribution in [3.05, 3.63) is 47.8 Å². The molecule has 2 aromatic rings. The summed E-state index contributed by atoms with van der Waals surface area (Å²) in [5, 5.41) is 7.47. The van der Waals surface area contributed by atoms with Gasteiger partial charge in [0.05, 0.1) is 6.54 Å². The van der Waals surface area contributed by atoms with Gasteiger partial charge in [-0.25, -0.2) is 9.37 Å². The smallest absolute Gasteiger partial charge is 0.140 e. The SMILES string of the molecule is Cl.Cl.Cn1ncnc1CN1CCNCC1c1cccc(F)c1. The van der Waals surface area contributed by atoms with E-state index >= 15 is 0 Å². The molecule has 122 valence electrons. The molecule has 1 aromatic carbocycles. The Labute approximate surface area is 141 Å². The van der Waals surface area contributed by atoms with Crippen LogP contribution in [0.1, 0.15) is 17.4 Å². The molecule has 0 radical (unpaired) electrons. The predicted molar refractivity (Wildman–Crippen MR) is 87.9 cm³/mol. The number of piperazine rings is 1. The molecule has 1 fully saturated rings. The van der Waals surface area contributed by atoms with Crippen molar-refractivity contribution in [2.24, 2.45) is 7.05 Å². The summed E-state index contributed by atoms with van der Waals surface area (Å²) in [5.41, 5.74) is 0.999. The van der Waals surface area contributed by atoms with Gasteiger partial charge in [-0.15, -0.1) is 24.8 Å². The van der Waals surface area contributed by atoms with Crippen molar-refractivity contribution in [2.45, 2.75) is 12.6 Å². The number of aromatic nitrogens is 3. The van der Waals surface area contributed by atoms with E-state index in [1.807, 2.05) is 13.1 Å². The molecule has 1 saturated heterocycles. The van der Waals surface area contributed by atoms with Crippen molar-refractivity contribution in [3.63, 3.8) is 0 Å². The topological polar surface area (TPSA) is 46.0 Å². The highest BCUT2D eigenvalue weighted by atomic mass is 35.5. The second-order valence-corrected chi connectivity index (χ2v) is 5.05. The van der Waals surface area contributed by atoms with Gasteiger partial charge >= 0.3 is 0 Å². The maximum absolute atomic E-state index is 13.4. The molecule has 8 heteroatoms. The lowest BCUT2D eigenvalue weighted by molar-refractivity contribution is 0.148. The van der Waals surface area contributed by atoms with Crippen LogP contribution in [-0.4, -0.2) is 39.3 Å². The van der Waals surface area contributed by atoms with Crippen LogP contribution in [0.2, 0.25) is 0 Å². The van der Waals surface area contributed by atoms with E-state index in [9.17, 15) is 4.39 Å². The van der Waals surface area contributed by atoms with Crippen LogP contribution >= 0.6 is 24.8 Å². The van der Waals surface area contributed by atoms with Gasteiger partial charge in [0.25, 0.3) is 0 Å². The molecular weight excluding hydrogens is 328 g/mol. The Morgan fingerprint density at radius 1 is 1.36 bits per heavy atom. The summed E-state index contributed by atoms with van der Waals surface area (Å²) < 4.78 is 15.2. The molecule has 1 N–H and O–H groups in total. The van der Waals surface area contributed by atoms with E-state index in [4.69, 9.17) is 0 Å². The zero-order valence-electron chi connectivity index (χ0n) is 12.3. The first-order valence-corrected chi connectivity index (χ1v) is 6.77. The minimum atomic E-state index is -0.188. The number of nitrogens with zero attached hydrogens (tertiary/aromatic N) is 4. The third kappa shape index (κ3) is 4.16. The fourth-order valence-corrected chi connectivity index (χ4v) is 2.62.